The Bertz CT molecular complexity index is 1620. The van der Waals surface area contributed by atoms with Gasteiger partial charge < -0.3 is 9.84 Å². The minimum Gasteiger partial charge on any atom is -0.485 e. The van der Waals surface area contributed by atoms with E-state index in [0.29, 0.717) is 28.8 Å². The van der Waals surface area contributed by atoms with Crippen LogP contribution in [0.2, 0.25) is 5.02 Å². The van der Waals surface area contributed by atoms with E-state index in [9.17, 15) is 23.5 Å². The van der Waals surface area contributed by atoms with Crippen molar-refractivity contribution in [2.24, 2.45) is 10.9 Å². The van der Waals surface area contributed by atoms with E-state index in [0.717, 1.165) is 19.0 Å². The van der Waals surface area contributed by atoms with Gasteiger partial charge in [-0.25, -0.2) is 13.8 Å². The van der Waals surface area contributed by atoms with E-state index >= 15 is 0 Å². The maximum absolute atomic E-state index is 13.9. The summed E-state index contributed by atoms with van der Waals surface area (Å²) < 4.78 is 35.2. The van der Waals surface area contributed by atoms with E-state index in [4.69, 9.17) is 16.3 Å². The number of halogens is 3. The highest BCUT2D eigenvalue weighted by Crippen LogP contribution is 2.41. The van der Waals surface area contributed by atoms with Gasteiger partial charge in [0.2, 0.25) is 0 Å². The predicted molar refractivity (Wildman–Crippen MR) is 150 cm³/mol. The topological polar surface area (TPSA) is 98.7 Å². The number of hydrogen-bond acceptors (Lipinski definition) is 6. The summed E-state index contributed by atoms with van der Waals surface area (Å²) in [7, 11) is 0. The van der Waals surface area contributed by atoms with Crippen LogP contribution in [0.4, 0.5) is 8.78 Å². The van der Waals surface area contributed by atoms with E-state index in [-0.39, 0.29) is 47.0 Å². The molecule has 3 aromatic heterocycles. The summed E-state index contributed by atoms with van der Waals surface area (Å²) in [6, 6.07) is 5.77. The molecule has 11 heteroatoms. The fraction of sp³-hybridized carbons (Fsp3) is 0.310. The molecule has 0 amide bonds. The molecule has 4 rings (SSSR count). The largest absolute Gasteiger partial charge is 0.485 e. The lowest BCUT2D eigenvalue weighted by Gasteiger charge is -2.14. The van der Waals surface area contributed by atoms with E-state index in [2.05, 4.69) is 9.98 Å². The molecule has 0 saturated heterocycles. The second-order valence-corrected chi connectivity index (χ2v) is 10.1. The minimum atomic E-state index is -0.882. The lowest BCUT2D eigenvalue weighted by atomic mass is 9.98. The first-order valence-corrected chi connectivity index (χ1v) is 13.1. The Labute approximate surface area is 234 Å². The standard InChI is InChI=1S/C29H29ClF2N4O4/c1-17(15-37)13-34-26(36-9-4-5-22(28(36)38)19(3)20-6-7-20)8-10-35-18(2)11-25(27(30)29(35)39)40-16-24-23(32)12-21(31)14-33-24/h4-5,8-14,19-20,37H,6-7,15-16H2,1-3H3/b10-8+,17-13-,34-26+/t19-/m0/s1. The number of aromatic nitrogens is 3. The lowest BCUT2D eigenvalue weighted by Crippen LogP contribution is -2.29. The van der Waals surface area contributed by atoms with Crippen LogP contribution < -0.4 is 15.9 Å². The van der Waals surface area contributed by atoms with Crippen LogP contribution in [-0.4, -0.2) is 31.7 Å². The van der Waals surface area contributed by atoms with Crippen molar-refractivity contribution in [3.8, 4) is 5.75 Å². The summed E-state index contributed by atoms with van der Waals surface area (Å²) in [5, 5.41) is 9.14. The normalized spacial score (nSPS) is 15.1. The van der Waals surface area contributed by atoms with Gasteiger partial charge >= 0.3 is 0 Å². The van der Waals surface area contributed by atoms with Gasteiger partial charge in [0.1, 0.15) is 34.7 Å². The van der Waals surface area contributed by atoms with Gasteiger partial charge in [0, 0.05) is 42.0 Å². The first-order valence-electron chi connectivity index (χ1n) is 12.7. The van der Waals surface area contributed by atoms with Crippen LogP contribution in [0, 0.1) is 24.5 Å². The fourth-order valence-electron chi connectivity index (χ4n) is 4.11. The maximum atomic E-state index is 13.9. The minimum absolute atomic E-state index is 0.00715. The first-order chi connectivity index (χ1) is 19.1. The molecule has 0 aliphatic heterocycles. The van der Waals surface area contributed by atoms with Gasteiger partial charge in [-0.3, -0.25) is 23.7 Å². The number of ether oxygens (including phenoxy) is 1. The molecule has 1 aliphatic rings. The second-order valence-electron chi connectivity index (χ2n) is 9.71. The zero-order chi connectivity index (χ0) is 29.0. The third-order valence-corrected chi connectivity index (χ3v) is 7.02. The van der Waals surface area contributed by atoms with Crippen LogP contribution >= 0.6 is 11.6 Å². The van der Waals surface area contributed by atoms with Gasteiger partial charge in [-0.15, -0.1) is 0 Å². The van der Waals surface area contributed by atoms with Gasteiger partial charge in [-0.1, -0.05) is 24.6 Å². The van der Waals surface area contributed by atoms with Gasteiger partial charge in [-0.2, -0.15) is 0 Å². The highest BCUT2D eigenvalue weighted by atomic mass is 35.5. The van der Waals surface area contributed by atoms with Crippen molar-refractivity contribution in [3.63, 3.8) is 0 Å². The Morgan fingerprint density at radius 3 is 2.73 bits per heavy atom. The quantitative estimate of drug-likeness (QED) is 0.287. The zero-order valence-electron chi connectivity index (χ0n) is 22.3. The van der Waals surface area contributed by atoms with Gasteiger partial charge in [0.15, 0.2) is 5.82 Å². The van der Waals surface area contributed by atoms with Crippen LogP contribution in [0.5, 0.6) is 5.75 Å². The zero-order valence-corrected chi connectivity index (χ0v) is 23.0. The summed E-state index contributed by atoms with van der Waals surface area (Å²) >= 11 is 6.28. The number of pyridine rings is 3. The average molecular weight is 571 g/mol. The molecule has 1 N–H and O–H groups in total. The molecule has 1 atom stereocenters. The third-order valence-electron chi connectivity index (χ3n) is 6.67. The van der Waals surface area contributed by atoms with Crippen LogP contribution in [0.25, 0.3) is 6.20 Å². The fourth-order valence-corrected chi connectivity index (χ4v) is 4.31. The second kappa shape index (κ2) is 12.5. The van der Waals surface area contributed by atoms with E-state index < -0.39 is 17.2 Å². The molecule has 8 nitrogen and oxygen atoms in total. The summed E-state index contributed by atoms with van der Waals surface area (Å²) in [5.41, 5.74) is 0.705. The van der Waals surface area contributed by atoms with Crippen molar-refractivity contribution in [3.05, 3.63) is 109 Å². The number of rotatable bonds is 9. The van der Waals surface area contributed by atoms with Crippen molar-refractivity contribution in [1.82, 2.24) is 14.1 Å². The Balaban J connectivity index is 1.67. The van der Waals surface area contributed by atoms with Crippen molar-refractivity contribution in [2.75, 3.05) is 6.61 Å². The maximum Gasteiger partial charge on any atom is 0.277 e. The molecular formula is C29H29ClF2N4O4. The van der Waals surface area contributed by atoms with Crippen LogP contribution in [-0.2, 0) is 6.61 Å². The van der Waals surface area contributed by atoms with Gasteiger partial charge in [0.25, 0.3) is 11.1 Å². The SMILES string of the molecule is C/C(=C/N=C(\C=C\n1c(C)cc(OCc2ncc(F)cc2F)c(Cl)c1=O)n1cccc([C@@H](C)C2CC2)c1=O)CO. The molecule has 210 valence electrons. The smallest absolute Gasteiger partial charge is 0.277 e. The molecule has 0 aromatic carbocycles. The van der Waals surface area contributed by atoms with E-state index in [1.807, 2.05) is 13.0 Å². The Morgan fingerprint density at radius 1 is 1.30 bits per heavy atom. The van der Waals surface area contributed by atoms with Crippen molar-refractivity contribution < 1.29 is 18.6 Å². The van der Waals surface area contributed by atoms with Gasteiger partial charge in [-0.05, 0) is 56.2 Å². The van der Waals surface area contributed by atoms with Crippen LogP contribution in [0.15, 0.2) is 69.1 Å². The first kappa shape index (κ1) is 29.1. The highest BCUT2D eigenvalue weighted by molar-refractivity contribution is 6.31. The molecule has 0 radical (unpaired) electrons. The third kappa shape index (κ3) is 6.63. The van der Waals surface area contributed by atoms with Crippen molar-refractivity contribution >= 4 is 23.6 Å². The summed E-state index contributed by atoms with van der Waals surface area (Å²) in [6.07, 6.45) is 9.02. The summed E-state index contributed by atoms with van der Waals surface area (Å²) in [5.74, 6) is -0.880. The molecule has 3 aromatic rings. The lowest BCUT2D eigenvalue weighted by molar-refractivity contribution is 0.292. The highest BCUT2D eigenvalue weighted by Gasteiger charge is 2.30. The number of aliphatic imine (C=N–C) groups is 1. The molecular weight excluding hydrogens is 542 g/mol. The van der Waals surface area contributed by atoms with Crippen molar-refractivity contribution in [2.45, 2.75) is 46.1 Å². The van der Waals surface area contributed by atoms with Crippen LogP contribution in [0.3, 0.4) is 0 Å². The average Bonchev–Trinajstić information content (AvgIpc) is 3.78. The summed E-state index contributed by atoms with van der Waals surface area (Å²) in [4.78, 5) is 34.6. The Hall–Kier alpha value is -3.89. The number of aliphatic hydroxyl groups is 1. The molecule has 0 spiro atoms. The molecule has 1 saturated carbocycles. The molecule has 1 fully saturated rings. The molecule has 1 aliphatic carbocycles. The van der Waals surface area contributed by atoms with Gasteiger partial charge in [0.05, 0.1) is 12.8 Å². The van der Waals surface area contributed by atoms with E-state index in [1.165, 1.54) is 33.7 Å². The number of aryl methyl sites for hydroxylation is 1. The van der Waals surface area contributed by atoms with Crippen molar-refractivity contribution in [1.29, 1.82) is 0 Å². The molecule has 0 bridgehead atoms. The van der Waals surface area contributed by atoms with E-state index in [1.54, 1.807) is 26.1 Å². The number of hydrogen-bond donors (Lipinski definition) is 1. The molecule has 3 heterocycles. The number of aliphatic hydroxyl groups excluding tert-OH is 1. The number of nitrogens with zero attached hydrogens (tertiary/aromatic N) is 4. The molecule has 40 heavy (non-hydrogen) atoms. The Kier molecular flexibility index (Phi) is 9.11. The monoisotopic (exact) mass is 570 g/mol. The number of allylic oxidation sites excluding steroid dienone is 1. The van der Waals surface area contributed by atoms with Crippen LogP contribution in [0.1, 0.15) is 49.6 Å². The molecule has 0 unspecified atom stereocenters. The Morgan fingerprint density at radius 2 is 2.05 bits per heavy atom. The predicted octanol–water partition coefficient (Wildman–Crippen LogP) is 5.05. The summed E-state index contributed by atoms with van der Waals surface area (Å²) in [6.45, 7) is 4.80.